The predicted molar refractivity (Wildman–Crippen MR) is 161 cm³/mol. The van der Waals surface area contributed by atoms with Crippen LogP contribution in [0.5, 0.6) is 5.75 Å². The lowest BCUT2D eigenvalue weighted by Gasteiger charge is -2.33. The summed E-state index contributed by atoms with van der Waals surface area (Å²) in [5, 5.41) is 14.8. The number of methoxy groups -OCH3 is 1. The van der Waals surface area contributed by atoms with Crippen LogP contribution in [0.4, 0.5) is 11.4 Å². The largest absolute Gasteiger partial charge is 0.495 e. The van der Waals surface area contributed by atoms with Gasteiger partial charge in [-0.3, -0.25) is 24.0 Å². The quantitative estimate of drug-likeness (QED) is 0.216. The molecule has 14 heteroatoms. The van der Waals surface area contributed by atoms with Gasteiger partial charge >= 0.3 is 0 Å². The van der Waals surface area contributed by atoms with Gasteiger partial charge in [0.25, 0.3) is 5.69 Å². The number of carbonyl (C=O) groups is 2. The minimum atomic E-state index is -4.18. The zero-order valence-corrected chi connectivity index (χ0v) is 25.4. The van der Waals surface area contributed by atoms with Crippen molar-refractivity contribution in [2.24, 2.45) is 0 Å². The fourth-order valence-corrected chi connectivity index (χ4v) is 5.57. The Bertz CT molecular complexity index is 1560. The predicted octanol–water partition coefficient (Wildman–Crippen LogP) is 4.45. The molecule has 0 spiro atoms. The van der Waals surface area contributed by atoms with Crippen molar-refractivity contribution in [2.75, 3.05) is 30.8 Å². The summed E-state index contributed by atoms with van der Waals surface area (Å²) in [6, 6.07) is 16.1. The number of carbonyl (C=O) groups excluding carboxylic acids is 2. The molecule has 3 aromatic rings. The second-order valence-corrected chi connectivity index (χ2v) is 12.0. The summed E-state index contributed by atoms with van der Waals surface area (Å²) in [5.41, 5.74) is 0.621. The summed E-state index contributed by atoms with van der Waals surface area (Å²) >= 11 is 12.5. The number of hydrogen-bond acceptors (Lipinski definition) is 7. The van der Waals surface area contributed by atoms with Crippen LogP contribution in [-0.2, 0) is 32.6 Å². The summed E-state index contributed by atoms with van der Waals surface area (Å²) in [6.07, 6.45) is 0.979. The van der Waals surface area contributed by atoms with E-state index in [0.29, 0.717) is 10.6 Å². The van der Waals surface area contributed by atoms with Crippen molar-refractivity contribution in [3.05, 3.63) is 98.0 Å². The number of nitro groups is 1. The number of non-ortho nitro benzene ring substituents is 1. The Kier molecular flexibility index (Phi) is 11.1. The van der Waals surface area contributed by atoms with Crippen LogP contribution in [0.3, 0.4) is 0 Å². The third kappa shape index (κ3) is 8.34. The monoisotopic (exact) mass is 636 g/mol. The van der Waals surface area contributed by atoms with Crippen LogP contribution in [-0.4, -0.2) is 62.6 Å². The van der Waals surface area contributed by atoms with Gasteiger partial charge in [0.05, 0.1) is 18.3 Å². The van der Waals surface area contributed by atoms with E-state index in [0.717, 1.165) is 28.3 Å². The van der Waals surface area contributed by atoms with Crippen LogP contribution >= 0.6 is 23.2 Å². The van der Waals surface area contributed by atoms with Gasteiger partial charge < -0.3 is 15.0 Å². The van der Waals surface area contributed by atoms with Gasteiger partial charge in [-0.15, -0.1) is 0 Å². The first-order valence-electron chi connectivity index (χ1n) is 12.7. The van der Waals surface area contributed by atoms with Gasteiger partial charge in [-0.25, -0.2) is 8.42 Å². The smallest absolute Gasteiger partial charge is 0.271 e. The van der Waals surface area contributed by atoms with Gasteiger partial charge in [0.15, 0.2) is 0 Å². The summed E-state index contributed by atoms with van der Waals surface area (Å²) in [6.45, 7) is 1.08. The molecule has 42 heavy (non-hydrogen) atoms. The lowest BCUT2D eigenvalue weighted by molar-refractivity contribution is -0.384. The maximum Gasteiger partial charge on any atom is 0.271 e. The number of hydrogen-bond donors (Lipinski definition) is 1. The summed E-state index contributed by atoms with van der Waals surface area (Å²) < 4.78 is 32.0. The van der Waals surface area contributed by atoms with Crippen molar-refractivity contribution in [1.29, 1.82) is 0 Å². The molecular weight excluding hydrogens is 607 g/mol. The molecule has 0 aromatic heterocycles. The van der Waals surface area contributed by atoms with Gasteiger partial charge in [0, 0.05) is 41.7 Å². The number of nitrogens with zero attached hydrogens (tertiary/aromatic N) is 3. The Morgan fingerprint density at radius 2 is 1.76 bits per heavy atom. The minimum absolute atomic E-state index is 0.00400. The fraction of sp³-hybridized carbons (Fsp3) is 0.286. The number of anilines is 1. The molecule has 0 fully saturated rings. The van der Waals surface area contributed by atoms with E-state index in [1.165, 1.54) is 24.1 Å². The van der Waals surface area contributed by atoms with E-state index >= 15 is 0 Å². The molecule has 1 unspecified atom stereocenters. The number of rotatable bonds is 13. The number of amides is 2. The molecule has 11 nitrogen and oxygen atoms in total. The summed E-state index contributed by atoms with van der Waals surface area (Å²) in [7, 11) is -2.91. The Balaban J connectivity index is 2.14. The minimum Gasteiger partial charge on any atom is -0.495 e. The zero-order chi connectivity index (χ0) is 31.0. The molecule has 0 aliphatic heterocycles. The summed E-state index contributed by atoms with van der Waals surface area (Å²) in [5.74, 6) is -1.22. The van der Waals surface area contributed by atoms with Crippen LogP contribution in [0.15, 0.2) is 66.7 Å². The molecule has 0 saturated carbocycles. The first kappa shape index (κ1) is 32.6. The molecular formula is C28H30Cl2N4O7S. The van der Waals surface area contributed by atoms with Crippen LogP contribution < -0.4 is 14.4 Å². The van der Waals surface area contributed by atoms with E-state index in [4.69, 9.17) is 27.9 Å². The summed E-state index contributed by atoms with van der Waals surface area (Å²) in [4.78, 5) is 39.5. The fourth-order valence-electron chi connectivity index (χ4n) is 4.26. The third-order valence-electron chi connectivity index (χ3n) is 6.30. The number of nitrogens with one attached hydrogen (secondary N) is 1. The Morgan fingerprint density at radius 1 is 1.07 bits per heavy atom. The number of likely N-dealkylation sites (N-methyl/N-ethyl adjacent to an activating group) is 1. The maximum atomic E-state index is 14.1. The highest BCUT2D eigenvalue weighted by Gasteiger charge is 2.34. The second kappa shape index (κ2) is 14.3. The zero-order valence-electron chi connectivity index (χ0n) is 23.1. The normalized spacial score (nSPS) is 11.8. The third-order valence-corrected chi connectivity index (χ3v) is 8.01. The van der Waals surface area contributed by atoms with Crippen molar-refractivity contribution < 1.29 is 27.7 Å². The molecule has 0 saturated heterocycles. The molecule has 0 aliphatic rings. The number of sulfonamides is 1. The maximum absolute atomic E-state index is 14.1. The van der Waals surface area contributed by atoms with Gasteiger partial charge in [-0.1, -0.05) is 59.6 Å². The number of benzene rings is 3. The molecule has 3 aromatic carbocycles. The molecule has 224 valence electrons. The van der Waals surface area contributed by atoms with Gasteiger partial charge in [-0.2, -0.15) is 0 Å². The lowest BCUT2D eigenvalue weighted by atomic mass is 10.0. The van der Waals surface area contributed by atoms with E-state index in [1.807, 2.05) is 6.07 Å². The highest BCUT2D eigenvalue weighted by atomic mass is 35.5. The molecule has 0 bridgehead atoms. The molecule has 1 N–H and O–H groups in total. The molecule has 1 atom stereocenters. The SMILES string of the molecule is CCNC(=O)C(Cc1ccccc1)N(Cc1ccc(Cl)cc1Cl)C(=O)CN(c1cc([N+](=O)[O-])ccc1OC)S(C)(=O)=O. The van der Waals surface area contributed by atoms with Gasteiger partial charge in [-0.05, 0) is 36.2 Å². The van der Waals surface area contributed by atoms with Gasteiger partial charge in [0.1, 0.15) is 24.0 Å². The van der Waals surface area contributed by atoms with Crippen molar-refractivity contribution in [1.82, 2.24) is 10.2 Å². The topological polar surface area (TPSA) is 139 Å². The van der Waals surface area contributed by atoms with Crippen LogP contribution in [0.2, 0.25) is 10.0 Å². The van der Waals surface area contributed by atoms with E-state index in [2.05, 4.69) is 5.32 Å². The van der Waals surface area contributed by atoms with E-state index < -0.39 is 45.0 Å². The van der Waals surface area contributed by atoms with Crippen LogP contribution in [0.25, 0.3) is 0 Å². The Morgan fingerprint density at radius 3 is 2.33 bits per heavy atom. The van der Waals surface area contributed by atoms with E-state index in [9.17, 15) is 28.1 Å². The molecule has 2 amide bonds. The van der Waals surface area contributed by atoms with Crippen LogP contribution in [0, 0.1) is 10.1 Å². The van der Waals surface area contributed by atoms with Crippen molar-refractivity contribution in [2.45, 2.75) is 25.9 Å². The Labute approximate surface area is 254 Å². The average Bonchev–Trinajstić information content (AvgIpc) is 2.94. The molecule has 3 rings (SSSR count). The van der Waals surface area contributed by atoms with E-state index in [1.54, 1.807) is 43.3 Å². The lowest BCUT2D eigenvalue weighted by Crippen LogP contribution is -2.53. The first-order chi connectivity index (χ1) is 19.8. The average molecular weight is 638 g/mol. The standard InChI is InChI=1S/C28H30Cl2N4O7S/c1-4-31-28(36)25(14-19-8-6-5-7-9-19)32(17-20-10-11-21(29)15-23(20)30)27(35)18-33(42(3,39)40)24-16-22(34(37)38)12-13-26(24)41-2/h5-13,15-16,25H,4,14,17-18H2,1-3H3,(H,31,36). The molecule has 0 radical (unpaired) electrons. The van der Waals surface area contributed by atoms with E-state index in [-0.39, 0.29) is 36.0 Å². The first-order valence-corrected chi connectivity index (χ1v) is 15.3. The highest BCUT2D eigenvalue weighted by Crippen LogP contribution is 2.34. The van der Waals surface area contributed by atoms with Crippen molar-refractivity contribution >= 4 is 56.4 Å². The van der Waals surface area contributed by atoms with Crippen molar-refractivity contribution in [3.8, 4) is 5.75 Å². The van der Waals surface area contributed by atoms with Gasteiger partial charge in [0.2, 0.25) is 21.8 Å². The molecule has 0 heterocycles. The number of halogens is 2. The van der Waals surface area contributed by atoms with Crippen LogP contribution in [0.1, 0.15) is 18.1 Å². The molecule has 0 aliphatic carbocycles. The van der Waals surface area contributed by atoms with Crippen molar-refractivity contribution in [3.63, 3.8) is 0 Å². The number of nitro benzene ring substituents is 1. The Hall–Kier alpha value is -3.87. The highest BCUT2D eigenvalue weighted by molar-refractivity contribution is 7.92. The second-order valence-electron chi connectivity index (χ2n) is 9.24. The number of ether oxygens (including phenoxy) is 1.